The van der Waals surface area contributed by atoms with E-state index in [0.717, 1.165) is 0 Å². The van der Waals surface area contributed by atoms with Gasteiger partial charge in [-0.2, -0.15) is 18.3 Å². The maximum atomic E-state index is 12.8. The average molecular weight is 372 g/mol. The fraction of sp³-hybridized carbons (Fsp3) is 0.0556. The van der Waals surface area contributed by atoms with Crippen LogP contribution in [0.3, 0.4) is 0 Å². The zero-order chi connectivity index (χ0) is 19.0. The van der Waals surface area contributed by atoms with Crippen molar-refractivity contribution in [1.82, 2.24) is 14.8 Å². The quantitative estimate of drug-likeness (QED) is 0.582. The maximum Gasteiger partial charge on any atom is 0.468 e. The van der Waals surface area contributed by atoms with Gasteiger partial charge in [-0.1, -0.05) is 12.1 Å². The van der Waals surface area contributed by atoms with E-state index in [2.05, 4.69) is 15.4 Å². The summed E-state index contributed by atoms with van der Waals surface area (Å²) in [4.78, 5) is 16.0. The summed E-state index contributed by atoms with van der Waals surface area (Å²) in [5, 5.41) is 6.67. The van der Waals surface area contributed by atoms with Crippen molar-refractivity contribution in [2.45, 2.75) is 6.18 Å². The second kappa shape index (κ2) is 6.27. The van der Waals surface area contributed by atoms with Crippen molar-refractivity contribution in [2.24, 2.45) is 0 Å². The number of carbonyl (C=O) groups is 1. The van der Waals surface area contributed by atoms with E-state index in [1.807, 2.05) is 0 Å². The molecule has 0 saturated carbocycles. The molecular formula is C18H11F3N4O2. The molecule has 0 spiro atoms. The summed E-state index contributed by atoms with van der Waals surface area (Å²) >= 11 is 0. The van der Waals surface area contributed by atoms with E-state index in [1.54, 1.807) is 47.4 Å². The minimum Gasteiger partial charge on any atom is -0.433 e. The van der Waals surface area contributed by atoms with E-state index in [9.17, 15) is 18.0 Å². The van der Waals surface area contributed by atoms with Crippen LogP contribution in [-0.2, 0) is 6.18 Å². The Morgan fingerprint density at radius 1 is 1.11 bits per heavy atom. The fourth-order valence-electron chi connectivity index (χ4n) is 2.58. The lowest BCUT2D eigenvalue weighted by molar-refractivity contribution is -0.156. The molecule has 4 aromatic rings. The number of amides is 1. The standard InChI is InChI=1S/C18H11F3N4O2/c19-18(20,21)17-24-15-13(6-2-7-14(15)27-17)23-16(26)11-4-1-5-12(10-11)25-9-3-8-22-25/h1-10H,(H,23,26). The molecule has 0 radical (unpaired) electrons. The monoisotopic (exact) mass is 372 g/mol. The van der Waals surface area contributed by atoms with E-state index >= 15 is 0 Å². The lowest BCUT2D eigenvalue weighted by Crippen LogP contribution is -2.13. The van der Waals surface area contributed by atoms with Gasteiger partial charge < -0.3 is 9.73 Å². The molecule has 2 aromatic carbocycles. The van der Waals surface area contributed by atoms with Gasteiger partial charge in [0, 0.05) is 18.0 Å². The Morgan fingerprint density at radius 2 is 1.93 bits per heavy atom. The van der Waals surface area contributed by atoms with E-state index in [-0.39, 0.29) is 16.8 Å². The molecule has 2 heterocycles. The van der Waals surface area contributed by atoms with Gasteiger partial charge in [-0.25, -0.2) is 9.67 Å². The summed E-state index contributed by atoms with van der Waals surface area (Å²) in [6.45, 7) is 0. The zero-order valence-electron chi connectivity index (χ0n) is 13.6. The second-order valence-corrected chi connectivity index (χ2v) is 5.62. The first-order valence-electron chi connectivity index (χ1n) is 7.80. The number of hydrogen-bond donors (Lipinski definition) is 1. The number of oxazole rings is 1. The Bertz CT molecular complexity index is 1120. The Morgan fingerprint density at radius 3 is 2.67 bits per heavy atom. The number of benzene rings is 2. The van der Waals surface area contributed by atoms with Crippen LogP contribution in [0.5, 0.6) is 0 Å². The molecule has 9 heteroatoms. The number of hydrogen-bond acceptors (Lipinski definition) is 4. The van der Waals surface area contributed by atoms with Crippen LogP contribution in [0.25, 0.3) is 16.8 Å². The molecule has 0 aliphatic carbocycles. The molecule has 1 amide bonds. The highest BCUT2D eigenvalue weighted by atomic mass is 19.4. The Kier molecular flexibility index (Phi) is 3.91. The zero-order valence-corrected chi connectivity index (χ0v) is 13.6. The number of anilines is 1. The molecule has 0 unspecified atom stereocenters. The van der Waals surface area contributed by atoms with E-state index in [0.29, 0.717) is 11.3 Å². The largest absolute Gasteiger partial charge is 0.468 e. The van der Waals surface area contributed by atoms with Gasteiger partial charge in [-0.3, -0.25) is 4.79 Å². The van der Waals surface area contributed by atoms with Gasteiger partial charge in [0.15, 0.2) is 5.58 Å². The predicted molar refractivity (Wildman–Crippen MR) is 90.5 cm³/mol. The predicted octanol–water partition coefficient (Wildman–Crippen LogP) is 4.28. The lowest BCUT2D eigenvalue weighted by atomic mass is 10.1. The second-order valence-electron chi connectivity index (χ2n) is 5.62. The minimum atomic E-state index is -4.71. The topological polar surface area (TPSA) is 73.0 Å². The Labute approximate surface area is 150 Å². The fourth-order valence-corrected chi connectivity index (χ4v) is 2.58. The van der Waals surface area contributed by atoms with E-state index in [4.69, 9.17) is 4.42 Å². The summed E-state index contributed by atoms with van der Waals surface area (Å²) in [6.07, 6.45) is -1.37. The smallest absolute Gasteiger partial charge is 0.433 e. The number of nitrogens with zero attached hydrogens (tertiary/aromatic N) is 3. The van der Waals surface area contributed by atoms with Gasteiger partial charge in [0.2, 0.25) is 0 Å². The summed E-state index contributed by atoms with van der Waals surface area (Å²) < 4.78 is 44.8. The highest BCUT2D eigenvalue weighted by molar-refractivity contribution is 6.08. The number of para-hydroxylation sites is 1. The van der Waals surface area contributed by atoms with Crippen molar-refractivity contribution in [3.63, 3.8) is 0 Å². The Balaban J connectivity index is 1.65. The number of nitrogens with one attached hydrogen (secondary N) is 1. The minimum absolute atomic E-state index is 0.0644. The van der Waals surface area contributed by atoms with Crippen molar-refractivity contribution >= 4 is 22.7 Å². The number of alkyl halides is 3. The molecule has 136 valence electrons. The van der Waals surface area contributed by atoms with Crippen LogP contribution in [0, 0.1) is 0 Å². The van der Waals surface area contributed by atoms with Crippen LogP contribution in [-0.4, -0.2) is 20.7 Å². The van der Waals surface area contributed by atoms with Crippen molar-refractivity contribution < 1.29 is 22.4 Å². The van der Waals surface area contributed by atoms with Crippen molar-refractivity contribution in [1.29, 1.82) is 0 Å². The first-order valence-corrected chi connectivity index (χ1v) is 7.80. The van der Waals surface area contributed by atoms with Crippen LogP contribution in [0.15, 0.2) is 65.3 Å². The molecule has 0 aliphatic rings. The van der Waals surface area contributed by atoms with Crippen molar-refractivity contribution in [3.05, 3.63) is 72.4 Å². The molecule has 27 heavy (non-hydrogen) atoms. The van der Waals surface area contributed by atoms with Crippen LogP contribution in [0.2, 0.25) is 0 Å². The van der Waals surface area contributed by atoms with E-state index in [1.165, 1.54) is 18.2 Å². The SMILES string of the molecule is O=C(Nc1cccc2oc(C(F)(F)F)nc12)c1cccc(-n2cccn2)c1. The molecule has 0 atom stereocenters. The maximum absolute atomic E-state index is 12.8. The van der Waals surface area contributed by atoms with Gasteiger partial charge in [0.05, 0.1) is 11.4 Å². The lowest BCUT2D eigenvalue weighted by Gasteiger charge is -2.07. The van der Waals surface area contributed by atoms with Gasteiger partial charge in [-0.15, -0.1) is 0 Å². The van der Waals surface area contributed by atoms with Crippen LogP contribution in [0.4, 0.5) is 18.9 Å². The summed E-state index contributed by atoms with van der Waals surface area (Å²) in [5.41, 5.74) is 0.985. The number of halogens is 3. The normalized spacial score (nSPS) is 11.7. The number of carbonyl (C=O) groups excluding carboxylic acids is 1. The molecule has 0 aliphatic heterocycles. The number of aromatic nitrogens is 3. The first kappa shape index (κ1) is 16.8. The van der Waals surface area contributed by atoms with Crippen molar-refractivity contribution in [2.75, 3.05) is 5.32 Å². The molecule has 2 aromatic heterocycles. The first-order chi connectivity index (χ1) is 12.9. The molecule has 0 fully saturated rings. The highest BCUT2D eigenvalue weighted by Gasteiger charge is 2.37. The molecule has 6 nitrogen and oxygen atoms in total. The van der Waals surface area contributed by atoms with Crippen molar-refractivity contribution in [3.8, 4) is 5.69 Å². The van der Waals surface area contributed by atoms with Crippen LogP contribution in [0.1, 0.15) is 16.2 Å². The van der Waals surface area contributed by atoms with Gasteiger partial charge in [-0.05, 0) is 36.4 Å². The number of fused-ring (bicyclic) bond motifs is 1. The van der Waals surface area contributed by atoms with E-state index < -0.39 is 18.0 Å². The molecule has 0 bridgehead atoms. The molecule has 4 rings (SSSR count). The van der Waals surface area contributed by atoms with Gasteiger partial charge in [0.1, 0.15) is 5.52 Å². The molecular weight excluding hydrogens is 361 g/mol. The molecule has 0 saturated heterocycles. The third-order valence-electron chi connectivity index (χ3n) is 3.79. The van der Waals surface area contributed by atoms with Crippen LogP contribution >= 0.6 is 0 Å². The average Bonchev–Trinajstić information content (AvgIpc) is 3.31. The van der Waals surface area contributed by atoms with Gasteiger partial charge in [0.25, 0.3) is 5.91 Å². The third-order valence-corrected chi connectivity index (χ3v) is 3.79. The molecule has 1 N–H and O–H groups in total. The summed E-state index contributed by atoms with van der Waals surface area (Å²) in [5.74, 6) is -1.85. The summed E-state index contributed by atoms with van der Waals surface area (Å²) in [7, 11) is 0. The number of rotatable bonds is 3. The summed E-state index contributed by atoms with van der Waals surface area (Å²) in [6, 6.07) is 12.7. The van der Waals surface area contributed by atoms with Crippen LogP contribution < -0.4 is 5.32 Å². The third kappa shape index (κ3) is 3.26. The van der Waals surface area contributed by atoms with Gasteiger partial charge >= 0.3 is 12.1 Å². The Hall–Kier alpha value is -3.62. The highest BCUT2D eigenvalue weighted by Crippen LogP contribution is 2.33.